The Bertz CT molecular complexity index is 3090. The molecule has 0 atom stereocenters. The first kappa shape index (κ1) is 36.2. The predicted octanol–water partition coefficient (Wildman–Crippen LogP) is 17.1. The van der Waals surface area contributed by atoms with Gasteiger partial charge >= 0.3 is 0 Å². The lowest BCUT2D eigenvalue weighted by atomic mass is 9.68. The quantitative estimate of drug-likeness (QED) is 0.157. The SMILES string of the molecule is c1ccc2c(c1)-c1ccccc1C21c2c(cc(N(c3ccc(C4CCCCC4)cc3)c3ccc(C4CCCCC4)cc3)c3ccccc23)-c2c1c1ccccc1c1ccccc21. The summed E-state index contributed by atoms with van der Waals surface area (Å²) >= 11 is 0. The maximum absolute atomic E-state index is 2.60. The summed E-state index contributed by atoms with van der Waals surface area (Å²) in [5.74, 6) is 1.32. The number of rotatable bonds is 5. The van der Waals surface area contributed by atoms with Crippen LogP contribution in [0.1, 0.15) is 109 Å². The fourth-order valence-corrected chi connectivity index (χ4v) is 12.9. The number of fused-ring (bicyclic) bond motifs is 17. The van der Waals surface area contributed by atoms with Crippen LogP contribution in [-0.4, -0.2) is 0 Å². The van der Waals surface area contributed by atoms with Crippen LogP contribution < -0.4 is 4.90 Å². The van der Waals surface area contributed by atoms with E-state index in [0.29, 0.717) is 11.8 Å². The molecule has 0 bridgehead atoms. The van der Waals surface area contributed by atoms with E-state index >= 15 is 0 Å². The molecule has 0 unspecified atom stereocenters. The second-order valence-corrected chi connectivity index (χ2v) is 18.7. The standard InChI is InChI=1S/C61H51N/c1-3-17-40(18-4-1)42-31-35-44(36-32-42)62(45-37-33-43(34-38-45)41-19-5-2-6-20-41)57-39-54-58-51-26-10-7-21-46(51)47-22-8-11-27-52(47)60(58)61(59(54)53-28-12-9-25-50(53)57)55-29-15-13-23-48(55)49-24-14-16-30-56(49)61/h7-16,21-41H,1-6,17-20H2. The van der Waals surface area contributed by atoms with Crippen LogP contribution in [0.2, 0.25) is 0 Å². The molecule has 9 aromatic carbocycles. The highest BCUT2D eigenvalue weighted by Crippen LogP contribution is 2.67. The van der Waals surface area contributed by atoms with Crippen molar-refractivity contribution in [2.75, 3.05) is 4.90 Å². The average Bonchev–Trinajstić information content (AvgIpc) is 3.83. The van der Waals surface area contributed by atoms with Gasteiger partial charge in [-0.1, -0.05) is 184 Å². The number of hydrogen-bond donors (Lipinski definition) is 0. The Labute approximate surface area is 365 Å². The van der Waals surface area contributed by atoms with Crippen molar-refractivity contribution < 1.29 is 0 Å². The third kappa shape index (κ3) is 5.21. The minimum atomic E-state index is -0.506. The smallest absolute Gasteiger partial charge is 0.0737 e. The summed E-state index contributed by atoms with van der Waals surface area (Å²) in [6.07, 6.45) is 13.3. The maximum atomic E-state index is 2.60. The van der Waals surface area contributed by atoms with Crippen LogP contribution in [0.25, 0.3) is 54.6 Å². The van der Waals surface area contributed by atoms with Gasteiger partial charge in [0.15, 0.2) is 0 Å². The van der Waals surface area contributed by atoms with Gasteiger partial charge in [0, 0.05) is 16.8 Å². The van der Waals surface area contributed by atoms with Crippen LogP contribution in [0.3, 0.4) is 0 Å². The molecular formula is C61H51N. The van der Waals surface area contributed by atoms with Crippen molar-refractivity contribution in [3.05, 3.63) is 209 Å². The molecule has 0 aliphatic heterocycles. The van der Waals surface area contributed by atoms with Gasteiger partial charge in [0.1, 0.15) is 0 Å². The molecule has 300 valence electrons. The number of anilines is 3. The van der Waals surface area contributed by atoms with Crippen LogP contribution in [0.5, 0.6) is 0 Å². The molecule has 0 radical (unpaired) electrons. The molecule has 4 aliphatic carbocycles. The Morgan fingerprint density at radius 3 is 1.31 bits per heavy atom. The molecule has 1 nitrogen and oxygen atoms in total. The Balaban J connectivity index is 1.13. The first-order valence-electron chi connectivity index (χ1n) is 23.5. The van der Waals surface area contributed by atoms with Crippen LogP contribution >= 0.6 is 0 Å². The van der Waals surface area contributed by atoms with Crippen molar-refractivity contribution in [3.63, 3.8) is 0 Å². The minimum absolute atomic E-state index is 0.506. The van der Waals surface area contributed by atoms with Crippen LogP contribution in [-0.2, 0) is 5.41 Å². The molecule has 9 aromatic rings. The topological polar surface area (TPSA) is 3.24 Å². The maximum Gasteiger partial charge on any atom is 0.0737 e. The largest absolute Gasteiger partial charge is 0.310 e. The lowest BCUT2D eigenvalue weighted by Gasteiger charge is -2.34. The summed E-state index contributed by atoms with van der Waals surface area (Å²) in [5.41, 5.74) is 17.1. The van der Waals surface area contributed by atoms with Gasteiger partial charge in [-0.05, 0) is 150 Å². The first-order valence-corrected chi connectivity index (χ1v) is 23.5. The highest BCUT2D eigenvalue weighted by Gasteiger charge is 2.54. The lowest BCUT2D eigenvalue weighted by Crippen LogP contribution is -2.26. The van der Waals surface area contributed by atoms with Gasteiger partial charge in [0.25, 0.3) is 0 Å². The van der Waals surface area contributed by atoms with E-state index in [-0.39, 0.29) is 0 Å². The molecule has 1 heteroatoms. The summed E-state index contributed by atoms with van der Waals surface area (Å²) in [6.45, 7) is 0. The third-order valence-electron chi connectivity index (χ3n) is 15.6. The van der Waals surface area contributed by atoms with Crippen molar-refractivity contribution in [1.29, 1.82) is 0 Å². The molecule has 1 spiro atoms. The van der Waals surface area contributed by atoms with Gasteiger partial charge < -0.3 is 4.90 Å². The number of hydrogen-bond acceptors (Lipinski definition) is 1. The summed E-state index contributed by atoms with van der Waals surface area (Å²) in [7, 11) is 0. The first-order chi connectivity index (χ1) is 30.8. The Hall–Kier alpha value is -6.44. The van der Waals surface area contributed by atoms with Crippen molar-refractivity contribution in [2.24, 2.45) is 0 Å². The Morgan fingerprint density at radius 1 is 0.355 bits per heavy atom. The molecule has 62 heavy (non-hydrogen) atoms. The van der Waals surface area contributed by atoms with Crippen molar-refractivity contribution in [1.82, 2.24) is 0 Å². The zero-order valence-corrected chi connectivity index (χ0v) is 35.4. The molecule has 13 rings (SSSR count). The van der Waals surface area contributed by atoms with E-state index in [9.17, 15) is 0 Å². The molecular weight excluding hydrogens is 747 g/mol. The fourth-order valence-electron chi connectivity index (χ4n) is 12.9. The van der Waals surface area contributed by atoms with E-state index < -0.39 is 5.41 Å². The van der Waals surface area contributed by atoms with Crippen molar-refractivity contribution >= 4 is 49.4 Å². The third-order valence-corrected chi connectivity index (χ3v) is 15.6. The Kier molecular flexibility index (Phi) is 8.37. The van der Waals surface area contributed by atoms with Gasteiger partial charge in [0.2, 0.25) is 0 Å². The normalized spacial score (nSPS) is 16.7. The molecule has 2 fully saturated rings. The van der Waals surface area contributed by atoms with E-state index in [2.05, 4.69) is 181 Å². The summed E-state index contributed by atoms with van der Waals surface area (Å²) in [6, 6.07) is 68.3. The van der Waals surface area contributed by atoms with E-state index in [1.165, 1.54) is 169 Å². The fraction of sp³-hybridized carbons (Fsp3) is 0.213. The van der Waals surface area contributed by atoms with Crippen molar-refractivity contribution in [2.45, 2.75) is 81.5 Å². The highest BCUT2D eigenvalue weighted by atomic mass is 15.1. The van der Waals surface area contributed by atoms with Gasteiger partial charge in [-0.3, -0.25) is 0 Å². The van der Waals surface area contributed by atoms with Gasteiger partial charge in [-0.25, -0.2) is 0 Å². The van der Waals surface area contributed by atoms with Crippen molar-refractivity contribution in [3.8, 4) is 22.3 Å². The second kappa shape index (κ2) is 14.3. The molecule has 0 heterocycles. The highest BCUT2D eigenvalue weighted by molar-refractivity contribution is 6.22. The monoisotopic (exact) mass is 797 g/mol. The molecule has 0 N–H and O–H groups in total. The summed E-state index contributed by atoms with van der Waals surface area (Å²) in [4.78, 5) is 2.59. The molecule has 0 aromatic heterocycles. The van der Waals surface area contributed by atoms with Crippen LogP contribution in [0.4, 0.5) is 17.1 Å². The number of nitrogens with zero attached hydrogens (tertiary/aromatic N) is 1. The predicted molar refractivity (Wildman–Crippen MR) is 262 cm³/mol. The van der Waals surface area contributed by atoms with E-state index in [4.69, 9.17) is 0 Å². The lowest BCUT2D eigenvalue weighted by molar-refractivity contribution is 0.443. The van der Waals surface area contributed by atoms with Gasteiger partial charge in [0.05, 0.1) is 11.1 Å². The van der Waals surface area contributed by atoms with E-state index in [1.54, 1.807) is 0 Å². The van der Waals surface area contributed by atoms with E-state index in [1.807, 2.05) is 0 Å². The molecule has 0 saturated heterocycles. The van der Waals surface area contributed by atoms with Gasteiger partial charge in [-0.15, -0.1) is 0 Å². The molecule has 2 saturated carbocycles. The summed E-state index contributed by atoms with van der Waals surface area (Å²) < 4.78 is 0. The second-order valence-electron chi connectivity index (χ2n) is 18.7. The molecule has 0 amide bonds. The Morgan fingerprint density at radius 2 is 0.774 bits per heavy atom. The summed E-state index contributed by atoms with van der Waals surface area (Å²) in [5, 5.41) is 7.89. The minimum Gasteiger partial charge on any atom is -0.310 e. The number of benzene rings is 9. The average molecular weight is 798 g/mol. The molecule has 4 aliphatic rings. The van der Waals surface area contributed by atoms with Crippen LogP contribution in [0.15, 0.2) is 176 Å². The van der Waals surface area contributed by atoms with Crippen LogP contribution in [0, 0.1) is 0 Å². The zero-order valence-electron chi connectivity index (χ0n) is 35.4. The van der Waals surface area contributed by atoms with Gasteiger partial charge in [-0.2, -0.15) is 0 Å². The van der Waals surface area contributed by atoms with E-state index in [0.717, 1.165) is 0 Å². The zero-order chi connectivity index (χ0) is 40.8.